The Morgan fingerprint density at radius 2 is 2.09 bits per heavy atom. The Morgan fingerprint density at radius 3 is 2.73 bits per heavy atom. The second kappa shape index (κ2) is 8.65. The van der Waals surface area contributed by atoms with Crippen LogP contribution >= 0.6 is 11.8 Å². The first-order valence-corrected chi connectivity index (χ1v) is 12.9. The van der Waals surface area contributed by atoms with E-state index < -0.39 is 33.9 Å². The van der Waals surface area contributed by atoms with Crippen LogP contribution < -0.4 is 10.0 Å². The summed E-state index contributed by atoms with van der Waals surface area (Å²) in [7, 11) is -2.41. The van der Waals surface area contributed by atoms with Crippen LogP contribution in [0.4, 0.5) is 14.9 Å². The molecule has 2 aliphatic heterocycles. The molecule has 2 aromatic rings. The van der Waals surface area contributed by atoms with Gasteiger partial charge in [-0.25, -0.2) is 22.3 Å². The Morgan fingerprint density at radius 1 is 1.36 bits per heavy atom. The average molecular weight is 497 g/mol. The molecular weight excluding hydrogens is 471 g/mol. The van der Waals surface area contributed by atoms with E-state index in [-0.39, 0.29) is 29.1 Å². The Balaban J connectivity index is 1.69. The molecule has 9 nitrogen and oxygen atoms in total. The number of amides is 2. The number of nitrogens with zero attached hydrogens (tertiary/aromatic N) is 2. The molecule has 0 spiro atoms. The van der Waals surface area contributed by atoms with Gasteiger partial charge in [-0.2, -0.15) is 0 Å². The van der Waals surface area contributed by atoms with Crippen molar-refractivity contribution < 1.29 is 27.5 Å². The number of likely N-dealkylation sites (tertiary alicyclic amines) is 1. The molecule has 3 heterocycles. The number of anilines is 1. The standard InChI is InChI=1S/C21H25FN4O5S2/c1-4-16-13-10-32-19-17(33(30,31)24-15(13)8-26(16)21(28)29)9-25(3)18(19)20(27)23-12-5-6-14(22)11(2)7-12/h5-7,9,13,15-16,24H,4,8,10H2,1-3H3,(H,23,27)(H,28,29)/t13-,15-,16?/m0/s1. The number of rotatable bonds is 3. The fourth-order valence-electron chi connectivity index (χ4n) is 4.60. The molecule has 178 valence electrons. The van der Waals surface area contributed by atoms with E-state index >= 15 is 0 Å². The van der Waals surface area contributed by atoms with Crippen molar-refractivity contribution >= 4 is 39.5 Å². The third kappa shape index (κ3) is 4.22. The summed E-state index contributed by atoms with van der Waals surface area (Å²) in [5, 5.41) is 12.3. The zero-order valence-electron chi connectivity index (χ0n) is 18.3. The zero-order chi connectivity index (χ0) is 24.1. The molecule has 2 aliphatic rings. The highest BCUT2D eigenvalue weighted by molar-refractivity contribution is 8.00. The summed E-state index contributed by atoms with van der Waals surface area (Å²) >= 11 is 1.25. The van der Waals surface area contributed by atoms with Crippen molar-refractivity contribution in [3.8, 4) is 0 Å². The van der Waals surface area contributed by atoms with Crippen molar-refractivity contribution in [1.82, 2.24) is 14.2 Å². The maximum atomic E-state index is 13.6. The van der Waals surface area contributed by atoms with Gasteiger partial charge in [-0.05, 0) is 37.1 Å². The molecule has 3 atom stereocenters. The molecule has 33 heavy (non-hydrogen) atoms. The van der Waals surface area contributed by atoms with E-state index in [0.29, 0.717) is 28.3 Å². The monoisotopic (exact) mass is 496 g/mol. The molecule has 1 fully saturated rings. The topological polar surface area (TPSA) is 121 Å². The van der Waals surface area contributed by atoms with Crippen molar-refractivity contribution in [3.05, 3.63) is 41.5 Å². The summed E-state index contributed by atoms with van der Waals surface area (Å²) in [4.78, 5) is 26.4. The second-order valence-electron chi connectivity index (χ2n) is 8.31. The quantitative estimate of drug-likeness (QED) is 0.601. The van der Waals surface area contributed by atoms with Gasteiger partial charge in [-0.1, -0.05) is 6.92 Å². The van der Waals surface area contributed by atoms with Gasteiger partial charge in [0.25, 0.3) is 5.91 Å². The van der Waals surface area contributed by atoms with Crippen LogP contribution in [0.3, 0.4) is 0 Å². The van der Waals surface area contributed by atoms with Crippen molar-refractivity contribution in [1.29, 1.82) is 0 Å². The first kappa shape index (κ1) is 23.6. The van der Waals surface area contributed by atoms with Crippen LogP contribution in [0.1, 0.15) is 29.4 Å². The SMILES string of the molecule is CCC1[C@H]2CSc3c(cn(C)c3C(=O)Nc3ccc(F)c(C)c3)S(=O)(=O)N[C@H]2CN1C(=O)O. The van der Waals surface area contributed by atoms with E-state index in [0.717, 1.165) is 0 Å². The number of carbonyl (C=O) groups excluding carboxylic acids is 1. The summed E-state index contributed by atoms with van der Waals surface area (Å²) in [5.41, 5.74) is 0.934. The molecular formula is C21H25FN4O5S2. The minimum absolute atomic E-state index is 0.0179. The molecule has 2 amide bonds. The van der Waals surface area contributed by atoms with Crippen LogP contribution in [0, 0.1) is 18.7 Å². The number of benzene rings is 1. The average Bonchev–Trinajstić information content (AvgIpc) is 3.25. The summed E-state index contributed by atoms with van der Waals surface area (Å²) in [5.74, 6) is -0.704. The van der Waals surface area contributed by atoms with Crippen molar-refractivity contribution in [2.75, 3.05) is 17.6 Å². The number of carboxylic acid groups (broad SMARTS) is 1. The highest BCUT2D eigenvalue weighted by Gasteiger charge is 2.46. The minimum atomic E-state index is -4.00. The van der Waals surface area contributed by atoms with Gasteiger partial charge in [-0.3, -0.25) is 4.79 Å². The molecule has 1 aromatic carbocycles. The number of carbonyl (C=O) groups is 2. The summed E-state index contributed by atoms with van der Waals surface area (Å²) in [6.45, 7) is 3.54. The van der Waals surface area contributed by atoms with E-state index in [1.807, 2.05) is 6.92 Å². The number of thioether (sulfide) groups is 1. The van der Waals surface area contributed by atoms with Crippen molar-refractivity contribution in [2.24, 2.45) is 13.0 Å². The summed E-state index contributed by atoms with van der Waals surface area (Å²) in [6.07, 6.45) is 0.858. The van der Waals surface area contributed by atoms with Crippen LogP contribution in [0.25, 0.3) is 0 Å². The first-order valence-electron chi connectivity index (χ1n) is 10.4. The molecule has 12 heteroatoms. The van der Waals surface area contributed by atoms with E-state index in [2.05, 4.69) is 10.0 Å². The molecule has 0 saturated carbocycles. The third-order valence-electron chi connectivity index (χ3n) is 6.22. The van der Waals surface area contributed by atoms with E-state index in [9.17, 15) is 27.5 Å². The van der Waals surface area contributed by atoms with Crippen molar-refractivity contribution in [3.63, 3.8) is 0 Å². The van der Waals surface area contributed by atoms with Crippen LogP contribution in [0.15, 0.2) is 34.2 Å². The number of sulfonamides is 1. The minimum Gasteiger partial charge on any atom is -0.465 e. The molecule has 4 rings (SSSR count). The zero-order valence-corrected chi connectivity index (χ0v) is 20.0. The van der Waals surface area contributed by atoms with Crippen LogP contribution in [-0.4, -0.2) is 59.4 Å². The molecule has 1 saturated heterocycles. The van der Waals surface area contributed by atoms with Gasteiger partial charge >= 0.3 is 6.09 Å². The Hall–Kier alpha value is -2.57. The lowest BCUT2D eigenvalue weighted by molar-refractivity contribution is 0.101. The highest BCUT2D eigenvalue weighted by atomic mass is 32.2. The number of nitrogens with one attached hydrogen (secondary N) is 2. The Bertz CT molecular complexity index is 1230. The fraction of sp³-hybridized carbons (Fsp3) is 0.429. The molecule has 1 unspecified atom stereocenters. The van der Waals surface area contributed by atoms with Gasteiger partial charge in [0.1, 0.15) is 16.4 Å². The molecule has 3 N–H and O–H groups in total. The predicted molar refractivity (Wildman–Crippen MR) is 122 cm³/mol. The van der Waals surface area contributed by atoms with E-state index in [1.54, 1.807) is 14.0 Å². The molecule has 0 bridgehead atoms. The number of hydrogen-bond acceptors (Lipinski definition) is 5. The van der Waals surface area contributed by atoms with Gasteiger partial charge in [0, 0.05) is 49.2 Å². The smallest absolute Gasteiger partial charge is 0.407 e. The number of aryl methyl sites for hydroxylation is 2. The molecule has 0 radical (unpaired) electrons. The van der Waals surface area contributed by atoms with Crippen LogP contribution in [-0.2, 0) is 17.1 Å². The molecule has 1 aromatic heterocycles. The van der Waals surface area contributed by atoms with Crippen LogP contribution in [0.5, 0.6) is 0 Å². The van der Waals surface area contributed by atoms with E-state index in [1.165, 1.54) is 45.6 Å². The third-order valence-corrected chi connectivity index (χ3v) is 9.10. The summed E-state index contributed by atoms with van der Waals surface area (Å²) < 4.78 is 44.1. The number of fused-ring (bicyclic) bond motifs is 2. The van der Waals surface area contributed by atoms with Gasteiger partial charge in [0.05, 0.1) is 4.90 Å². The van der Waals surface area contributed by atoms with E-state index in [4.69, 9.17) is 0 Å². The lowest BCUT2D eigenvalue weighted by Crippen LogP contribution is -2.43. The number of hydrogen-bond donors (Lipinski definition) is 3. The lowest BCUT2D eigenvalue weighted by atomic mass is 9.97. The second-order valence-corrected chi connectivity index (χ2v) is 11.0. The molecule has 0 aliphatic carbocycles. The highest BCUT2D eigenvalue weighted by Crippen LogP contribution is 2.40. The van der Waals surface area contributed by atoms with Gasteiger partial charge in [0.2, 0.25) is 10.0 Å². The number of aromatic nitrogens is 1. The number of halogens is 1. The predicted octanol–water partition coefficient (Wildman–Crippen LogP) is 2.87. The van der Waals surface area contributed by atoms with Crippen LogP contribution in [0.2, 0.25) is 0 Å². The normalized spacial score (nSPS) is 23.9. The fourth-order valence-corrected chi connectivity index (χ4v) is 7.90. The van der Waals surface area contributed by atoms with Crippen molar-refractivity contribution in [2.45, 2.75) is 42.1 Å². The summed E-state index contributed by atoms with van der Waals surface area (Å²) in [6, 6.07) is 3.32. The van der Waals surface area contributed by atoms with Gasteiger partial charge in [-0.15, -0.1) is 11.8 Å². The lowest BCUT2D eigenvalue weighted by Gasteiger charge is -2.27. The Kier molecular flexibility index (Phi) is 6.18. The maximum Gasteiger partial charge on any atom is 0.407 e. The maximum absolute atomic E-state index is 13.6. The van der Waals surface area contributed by atoms with Gasteiger partial charge in [0.15, 0.2) is 0 Å². The first-order chi connectivity index (χ1) is 15.5. The Labute approximate surface area is 195 Å². The van der Waals surface area contributed by atoms with Gasteiger partial charge < -0.3 is 19.9 Å². The largest absolute Gasteiger partial charge is 0.465 e.